The first kappa shape index (κ1) is 12.0. The minimum Gasteiger partial charge on any atom is -0.335 e. The molecule has 0 fully saturated rings. The van der Waals surface area contributed by atoms with E-state index >= 15 is 0 Å². The Morgan fingerprint density at radius 2 is 1.88 bits per heavy atom. The number of nitrogens with zero attached hydrogens (tertiary/aromatic N) is 1. The summed E-state index contributed by atoms with van der Waals surface area (Å²) in [5.74, 6) is -1.67. The molecular weight excluding hydrogens is 230 g/mol. The molecule has 0 atom stereocenters. The van der Waals surface area contributed by atoms with Crippen LogP contribution in [0, 0.1) is 11.3 Å². The summed E-state index contributed by atoms with van der Waals surface area (Å²) in [6.07, 6.45) is 0. The van der Waals surface area contributed by atoms with Gasteiger partial charge in [0, 0.05) is 10.7 Å². The standard InChI is InChI=1S/C10H8ClN3O2/c11-7-1-3-8(4-2-7)14-10(16)9(15)13-6-5-12/h1-4H,6H2,(H,13,15)(H,14,16). The van der Waals surface area contributed by atoms with E-state index in [2.05, 4.69) is 10.6 Å². The molecule has 0 bridgehead atoms. The molecule has 0 radical (unpaired) electrons. The van der Waals surface area contributed by atoms with Gasteiger partial charge < -0.3 is 10.6 Å². The fourth-order valence-corrected chi connectivity index (χ4v) is 1.05. The number of halogens is 1. The monoisotopic (exact) mass is 237 g/mol. The molecule has 2 amide bonds. The molecule has 0 aromatic heterocycles. The summed E-state index contributed by atoms with van der Waals surface area (Å²) < 4.78 is 0. The quantitative estimate of drug-likeness (QED) is 0.593. The molecule has 82 valence electrons. The van der Waals surface area contributed by atoms with Gasteiger partial charge in [0.15, 0.2) is 0 Å². The van der Waals surface area contributed by atoms with Crippen molar-refractivity contribution in [2.45, 2.75) is 0 Å². The average molecular weight is 238 g/mol. The first-order valence-electron chi connectivity index (χ1n) is 4.35. The number of anilines is 1. The van der Waals surface area contributed by atoms with Crippen LogP contribution in [-0.2, 0) is 9.59 Å². The smallest absolute Gasteiger partial charge is 0.313 e. The molecule has 1 rings (SSSR count). The summed E-state index contributed by atoms with van der Waals surface area (Å²) in [5, 5.41) is 13.2. The Balaban J connectivity index is 2.55. The van der Waals surface area contributed by atoms with Crippen LogP contribution in [0.15, 0.2) is 24.3 Å². The van der Waals surface area contributed by atoms with Gasteiger partial charge in [-0.25, -0.2) is 0 Å². The van der Waals surface area contributed by atoms with Gasteiger partial charge in [0.25, 0.3) is 0 Å². The van der Waals surface area contributed by atoms with Crippen molar-refractivity contribution in [3.63, 3.8) is 0 Å². The summed E-state index contributed by atoms with van der Waals surface area (Å²) in [4.78, 5) is 22.3. The highest BCUT2D eigenvalue weighted by atomic mass is 35.5. The third kappa shape index (κ3) is 3.59. The Morgan fingerprint density at radius 3 is 2.44 bits per heavy atom. The second-order valence-electron chi connectivity index (χ2n) is 2.80. The summed E-state index contributed by atoms with van der Waals surface area (Å²) in [5.41, 5.74) is 0.460. The van der Waals surface area contributed by atoms with E-state index in [1.165, 1.54) is 0 Å². The summed E-state index contributed by atoms with van der Waals surface area (Å²) in [6.45, 7) is -0.202. The molecule has 0 saturated carbocycles. The maximum absolute atomic E-state index is 11.2. The van der Waals surface area contributed by atoms with Gasteiger partial charge in [0.05, 0.1) is 6.07 Å². The number of hydrogen-bond acceptors (Lipinski definition) is 3. The zero-order valence-corrected chi connectivity index (χ0v) is 8.91. The molecule has 0 unspecified atom stereocenters. The normalized spacial score (nSPS) is 9.00. The number of carbonyl (C=O) groups is 2. The van der Waals surface area contributed by atoms with Crippen LogP contribution in [0.25, 0.3) is 0 Å². The molecule has 1 aromatic rings. The fraction of sp³-hybridized carbons (Fsp3) is 0.100. The Labute approximate surface area is 97.0 Å². The van der Waals surface area contributed by atoms with Crippen molar-refractivity contribution < 1.29 is 9.59 Å². The molecule has 6 heteroatoms. The van der Waals surface area contributed by atoms with Crippen molar-refractivity contribution >= 4 is 29.1 Å². The number of carbonyl (C=O) groups excluding carboxylic acids is 2. The van der Waals surface area contributed by atoms with Crippen LogP contribution in [0.1, 0.15) is 0 Å². The topological polar surface area (TPSA) is 82.0 Å². The lowest BCUT2D eigenvalue weighted by atomic mass is 10.3. The predicted octanol–water partition coefficient (Wildman–Crippen LogP) is 0.918. The first-order valence-corrected chi connectivity index (χ1v) is 4.73. The van der Waals surface area contributed by atoms with Gasteiger partial charge in [-0.05, 0) is 24.3 Å². The van der Waals surface area contributed by atoms with Crippen molar-refractivity contribution in [2.75, 3.05) is 11.9 Å². The van der Waals surface area contributed by atoms with Crippen molar-refractivity contribution in [3.05, 3.63) is 29.3 Å². The molecule has 0 heterocycles. The molecule has 5 nitrogen and oxygen atoms in total. The van der Waals surface area contributed by atoms with Crippen LogP contribution in [0.3, 0.4) is 0 Å². The highest BCUT2D eigenvalue weighted by molar-refractivity contribution is 6.39. The second kappa shape index (κ2) is 5.73. The van der Waals surface area contributed by atoms with Gasteiger partial charge in [-0.3, -0.25) is 9.59 Å². The van der Waals surface area contributed by atoms with Gasteiger partial charge in [-0.1, -0.05) is 11.6 Å². The lowest BCUT2D eigenvalue weighted by Gasteiger charge is -2.04. The maximum atomic E-state index is 11.2. The first-order chi connectivity index (χ1) is 7.63. The Bertz CT molecular complexity index is 436. The number of rotatable bonds is 2. The lowest BCUT2D eigenvalue weighted by Crippen LogP contribution is -2.35. The van der Waals surface area contributed by atoms with Crippen molar-refractivity contribution in [3.8, 4) is 6.07 Å². The summed E-state index contributed by atoms with van der Waals surface area (Å²) in [7, 11) is 0. The Morgan fingerprint density at radius 1 is 1.25 bits per heavy atom. The van der Waals surface area contributed by atoms with Crippen LogP contribution in [0.2, 0.25) is 5.02 Å². The minimum atomic E-state index is -0.850. The molecule has 2 N–H and O–H groups in total. The number of nitrogens with one attached hydrogen (secondary N) is 2. The van der Waals surface area contributed by atoms with Crippen LogP contribution in [0.5, 0.6) is 0 Å². The maximum Gasteiger partial charge on any atom is 0.313 e. The summed E-state index contributed by atoms with van der Waals surface area (Å²) in [6, 6.07) is 8.01. The van der Waals surface area contributed by atoms with E-state index in [1.807, 2.05) is 0 Å². The van der Waals surface area contributed by atoms with Crippen LogP contribution < -0.4 is 10.6 Å². The number of hydrogen-bond donors (Lipinski definition) is 2. The lowest BCUT2D eigenvalue weighted by molar-refractivity contribution is -0.136. The van der Waals surface area contributed by atoms with Crippen molar-refractivity contribution in [2.24, 2.45) is 0 Å². The number of amides is 2. The molecule has 0 saturated heterocycles. The Hall–Kier alpha value is -2.06. The molecular formula is C10H8ClN3O2. The fourth-order valence-electron chi connectivity index (χ4n) is 0.921. The number of benzene rings is 1. The van der Waals surface area contributed by atoms with Gasteiger partial charge in [0.2, 0.25) is 0 Å². The van der Waals surface area contributed by atoms with Gasteiger partial charge in [-0.2, -0.15) is 5.26 Å². The molecule has 16 heavy (non-hydrogen) atoms. The highest BCUT2D eigenvalue weighted by Gasteiger charge is 2.12. The second-order valence-corrected chi connectivity index (χ2v) is 3.24. The van der Waals surface area contributed by atoms with E-state index < -0.39 is 11.8 Å². The zero-order valence-electron chi connectivity index (χ0n) is 8.16. The zero-order chi connectivity index (χ0) is 12.0. The van der Waals surface area contributed by atoms with Gasteiger partial charge >= 0.3 is 11.8 Å². The van der Waals surface area contributed by atoms with Crippen molar-refractivity contribution in [1.82, 2.24) is 5.32 Å². The van der Waals surface area contributed by atoms with Crippen LogP contribution >= 0.6 is 11.6 Å². The molecule has 0 spiro atoms. The van der Waals surface area contributed by atoms with E-state index in [4.69, 9.17) is 16.9 Å². The summed E-state index contributed by atoms with van der Waals surface area (Å²) >= 11 is 5.65. The minimum absolute atomic E-state index is 0.202. The predicted molar refractivity (Wildman–Crippen MR) is 58.7 cm³/mol. The number of nitriles is 1. The molecule has 1 aromatic carbocycles. The third-order valence-corrected chi connectivity index (χ3v) is 1.89. The van der Waals surface area contributed by atoms with E-state index in [9.17, 15) is 9.59 Å². The van der Waals surface area contributed by atoms with Gasteiger partial charge in [0.1, 0.15) is 6.54 Å². The van der Waals surface area contributed by atoms with E-state index in [0.29, 0.717) is 10.7 Å². The molecule has 0 aliphatic heterocycles. The average Bonchev–Trinajstić information content (AvgIpc) is 2.29. The molecule has 0 aliphatic carbocycles. The largest absolute Gasteiger partial charge is 0.335 e. The van der Waals surface area contributed by atoms with Crippen LogP contribution in [-0.4, -0.2) is 18.4 Å². The third-order valence-electron chi connectivity index (χ3n) is 1.64. The SMILES string of the molecule is N#CCNC(=O)C(=O)Nc1ccc(Cl)cc1. The van der Waals surface area contributed by atoms with E-state index in [0.717, 1.165) is 0 Å². The van der Waals surface area contributed by atoms with Crippen molar-refractivity contribution in [1.29, 1.82) is 5.26 Å². The van der Waals surface area contributed by atoms with Crippen LogP contribution in [0.4, 0.5) is 5.69 Å². The molecule has 0 aliphatic rings. The van der Waals surface area contributed by atoms with Gasteiger partial charge in [-0.15, -0.1) is 0 Å². The highest BCUT2D eigenvalue weighted by Crippen LogP contribution is 2.12. The Kier molecular flexibility index (Phi) is 4.30. The van der Waals surface area contributed by atoms with E-state index in [-0.39, 0.29) is 6.54 Å². The van der Waals surface area contributed by atoms with E-state index in [1.54, 1.807) is 30.3 Å².